The number of halogens is 1. The lowest BCUT2D eigenvalue weighted by atomic mass is 10.0. The van der Waals surface area contributed by atoms with Gasteiger partial charge in [-0.05, 0) is 31.9 Å². The first-order chi connectivity index (χ1) is 7.65. The third-order valence-corrected chi connectivity index (χ3v) is 2.93. The Morgan fingerprint density at radius 1 is 1.25 bits per heavy atom. The van der Waals surface area contributed by atoms with Gasteiger partial charge in [-0.15, -0.1) is 0 Å². The Bertz CT molecular complexity index is 311. The van der Waals surface area contributed by atoms with E-state index in [-0.39, 0.29) is 11.9 Å². The number of hydrogen-bond acceptors (Lipinski definition) is 1. The molecular weight excluding hydrogens is 201 g/mol. The molecular formula is C14H22FN. The molecule has 2 heteroatoms. The Hall–Kier alpha value is -0.890. The van der Waals surface area contributed by atoms with Crippen molar-refractivity contribution in [2.24, 2.45) is 5.92 Å². The largest absolute Gasteiger partial charge is 0.310 e. The summed E-state index contributed by atoms with van der Waals surface area (Å²) in [5.41, 5.74) is 0.756. The summed E-state index contributed by atoms with van der Waals surface area (Å²) in [4.78, 5) is 0. The Morgan fingerprint density at radius 3 is 2.56 bits per heavy atom. The third kappa shape index (κ3) is 3.93. The van der Waals surface area contributed by atoms with Crippen molar-refractivity contribution in [2.75, 3.05) is 6.54 Å². The lowest BCUT2D eigenvalue weighted by molar-refractivity contribution is 0.436. The zero-order valence-corrected chi connectivity index (χ0v) is 10.5. The Balaban J connectivity index is 2.46. The molecule has 1 rings (SSSR count). The molecule has 0 aliphatic rings. The second-order valence-corrected chi connectivity index (χ2v) is 4.55. The molecule has 90 valence electrons. The van der Waals surface area contributed by atoms with Crippen LogP contribution in [0.1, 0.15) is 45.2 Å². The molecule has 1 nitrogen and oxygen atoms in total. The van der Waals surface area contributed by atoms with E-state index < -0.39 is 0 Å². The van der Waals surface area contributed by atoms with Crippen LogP contribution in [0.5, 0.6) is 0 Å². The van der Waals surface area contributed by atoms with Gasteiger partial charge in [0.2, 0.25) is 0 Å². The van der Waals surface area contributed by atoms with E-state index in [2.05, 4.69) is 19.2 Å². The summed E-state index contributed by atoms with van der Waals surface area (Å²) in [6.45, 7) is 7.38. The number of benzene rings is 1. The topological polar surface area (TPSA) is 12.0 Å². The van der Waals surface area contributed by atoms with Crippen LogP contribution < -0.4 is 5.32 Å². The molecule has 0 amide bonds. The second-order valence-electron chi connectivity index (χ2n) is 4.55. The highest BCUT2D eigenvalue weighted by Crippen LogP contribution is 2.16. The van der Waals surface area contributed by atoms with Gasteiger partial charge in [0.05, 0.1) is 0 Å². The summed E-state index contributed by atoms with van der Waals surface area (Å²) in [6, 6.07) is 7.05. The molecule has 0 saturated heterocycles. The summed E-state index contributed by atoms with van der Waals surface area (Å²) in [7, 11) is 0. The third-order valence-electron chi connectivity index (χ3n) is 2.93. The van der Waals surface area contributed by atoms with Crippen LogP contribution in [-0.2, 0) is 0 Å². The summed E-state index contributed by atoms with van der Waals surface area (Å²) in [5.74, 6) is 0.532. The predicted molar refractivity (Wildman–Crippen MR) is 66.9 cm³/mol. The molecule has 0 spiro atoms. The van der Waals surface area contributed by atoms with E-state index in [1.165, 1.54) is 18.9 Å². The molecule has 0 aromatic heterocycles. The van der Waals surface area contributed by atoms with Gasteiger partial charge >= 0.3 is 0 Å². The van der Waals surface area contributed by atoms with Gasteiger partial charge < -0.3 is 5.32 Å². The van der Waals surface area contributed by atoms with Crippen LogP contribution in [0.4, 0.5) is 4.39 Å². The number of nitrogens with one attached hydrogen (secondary N) is 1. The lowest BCUT2D eigenvalue weighted by Crippen LogP contribution is -2.25. The molecule has 1 aromatic carbocycles. The monoisotopic (exact) mass is 223 g/mol. The predicted octanol–water partition coefficient (Wildman–Crippen LogP) is 3.91. The van der Waals surface area contributed by atoms with E-state index in [1.54, 1.807) is 6.07 Å². The summed E-state index contributed by atoms with van der Waals surface area (Å²) >= 11 is 0. The van der Waals surface area contributed by atoms with E-state index in [0.29, 0.717) is 5.92 Å². The van der Waals surface area contributed by atoms with E-state index in [0.717, 1.165) is 12.1 Å². The van der Waals surface area contributed by atoms with Crippen LogP contribution in [0, 0.1) is 11.7 Å². The molecule has 1 N–H and O–H groups in total. The second kappa shape index (κ2) is 6.64. The lowest BCUT2D eigenvalue weighted by Gasteiger charge is -2.18. The smallest absolute Gasteiger partial charge is 0.127 e. The fourth-order valence-electron chi connectivity index (χ4n) is 1.91. The molecule has 0 aliphatic heterocycles. The molecule has 0 fully saturated rings. The first kappa shape index (κ1) is 13.2. The molecule has 0 radical (unpaired) electrons. The first-order valence-electron chi connectivity index (χ1n) is 6.13. The Kier molecular flexibility index (Phi) is 5.47. The number of rotatable bonds is 6. The highest BCUT2D eigenvalue weighted by molar-refractivity contribution is 5.20. The van der Waals surface area contributed by atoms with Crippen molar-refractivity contribution in [3.63, 3.8) is 0 Å². The van der Waals surface area contributed by atoms with Gasteiger partial charge in [0, 0.05) is 11.6 Å². The van der Waals surface area contributed by atoms with Gasteiger partial charge in [-0.1, -0.05) is 38.5 Å². The van der Waals surface area contributed by atoms with Crippen LogP contribution in [0.25, 0.3) is 0 Å². The molecule has 0 heterocycles. The van der Waals surface area contributed by atoms with E-state index in [4.69, 9.17) is 0 Å². The van der Waals surface area contributed by atoms with Crippen LogP contribution in [0.3, 0.4) is 0 Å². The van der Waals surface area contributed by atoms with Gasteiger partial charge in [-0.3, -0.25) is 0 Å². The maximum Gasteiger partial charge on any atom is 0.127 e. The first-order valence-corrected chi connectivity index (χ1v) is 6.13. The molecule has 16 heavy (non-hydrogen) atoms. The van der Waals surface area contributed by atoms with Crippen molar-refractivity contribution >= 4 is 0 Å². The summed E-state index contributed by atoms with van der Waals surface area (Å²) in [5, 5.41) is 3.38. The molecule has 0 saturated carbocycles. The average molecular weight is 223 g/mol. The molecule has 2 atom stereocenters. The average Bonchev–Trinajstić information content (AvgIpc) is 2.27. The van der Waals surface area contributed by atoms with Gasteiger partial charge in [0.15, 0.2) is 0 Å². The van der Waals surface area contributed by atoms with Crippen molar-refractivity contribution in [2.45, 2.75) is 39.7 Å². The molecule has 0 aliphatic carbocycles. The highest BCUT2D eigenvalue weighted by atomic mass is 19.1. The maximum atomic E-state index is 13.5. The van der Waals surface area contributed by atoms with E-state index in [1.807, 2.05) is 19.1 Å². The van der Waals surface area contributed by atoms with Crippen molar-refractivity contribution in [1.29, 1.82) is 0 Å². The Labute approximate surface area is 98.1 Å². The van der Waals surface area contributed by atoms with Crippen molar-refractivity contribution in [1.82, 2.24) is 5.32 Å². The van der Waals surface area contributed by atoms with Crippen LogP contribution in [0.2, 0.25) is 0 Å². The highest BCUT2D eigenvalue weighted by Gasteiger charge is 2.10. The van der Waals surface area contributed by atoms with Gasteiger partial charge in [-0.25, -0.2) is 4.39 Å². The minimum Gasteiger partial charge on any atom is -0.310 e. The van der Waals surface area contributed by atoms with Gasteiger partial charge in [0.25, 0.3) is 0 Å². The van der Waals surface area contributed by atoms with Gasteiger partial charge in [-0.2, -0.15) is 0 Å². The minimum atomic E-state index is -0.120. The Morgan fingerprint density at radius 2 is 1.94 bits per heavy atom. The zero-order chi connectivity index (χ0) is 12.0. The van der Waals surface area contributed by atoms with Crippen molar-refractivity contribution in [3.05, 3.63) is 35.6 Å². The fourth-order valence-corrected chi connectivity index (χ4v) is 1.91. The van der Waals surface area contributed by atoms with E-state index in [9.17, 15) is 4.39 Å². The standard InChI is InChI=1S/C14H22FN/c1-4-7-11(2)10-16-12(3)13-8-5-6-9-14(13)15/h5-6,8-9,11-12,16H,4,7,10H2,1-3H3. The minimum absolute atomic E-state index is 0.0838. The zero-order valence-electron chi connectivity index (χ0n) is 10.5. The van der Waals surface area contributed by atoms with Crippen molar-refractivity contribution in [3.8, 4) is 0 Å². The van der Waals surface area contributed by atoms with Gasteiger partial charge in [0.1, 0.15) is 5.82 Å². The summed E-state index contributed by atoms with van der Waals surface area (Å²) in [6.07, 6.45) is 2.42. The quantitative estimate of drug-likeness (QED) is 0.771. The summed E-state index contributed by atoms with van der Waals surface area (Å²) < 4.78 is 13.5. The molecule has 2 unspecified atom stereocenters. The fraction of sp³-hybridized carbons (Fsp3) is 0.571. The maximum absolute atomic E-state index is 13.5. The number of hydrogen-bond donors (Lipinski definition) is 1. The molecule has 0 bridgehead atoms. The van der Waals surface area contributed by atoms with Crippen molar-refractivity contribution < 1.29 is 4.39 Å². The normalized spacial score (nSPS) is 14.8. The SMILES string of the molecule is CCCC(C)CNC(C)c1ccccc1F. The van der Waals surface area contributed by atoms with Crippen LogP contribution >= 0.6 is 0 Å². The van der Waals surface area contributed by atoms with E-state index >= 15 is 0 Å². The van der Waals surface area contributed by atoms with Crippen LogP contribution in [0.15, 0.2) is 24.3 Å². The van der Waals surface area contributed by atoms with Crippen LogP contribution in [-0.4, -0.2) is 6.54 Å². The molecule has 1 aromatic rings.